The second kappa shape index (κ2) is 7.29. The van der Waals surface area contributed by atoms with Gasteiger partial charge in [-0.15, -0.1) is 24.8 Å². The maximum Gasteiger partial charge on any atom is 0.157 e. The van der Waals surface area contributed by atoms with E-state index in [2.05, 4.69) is 34.9 Å². The summed E-state index contributed by atoms with van der Waals surface area (Å²) in [6.07, 6.45) is 3.90. The van der Waals surface area contributed by atoms with Crippen molar-refractivity contribution in [2.45, 2.75) is 38.6 Å². The lowest BCUT2D eigenvalue weighted by atomic mass is 10.1. The van der Waals surface area contributed by atoms with Crippen LogP contribution in [0.25, 0.3) is 5.65 Å². The lowest BCUT2D eigenvalue weighted by molar-refractivity contribution is 0.495. The van der Waals surface area contributed by atoms with Gasteiger partial charge in [0.05, 0.1) is 6.20 Å². The molecule has 0 aliphatic carbocycles. The summed E-state index contributed by atoms with van der Waals surface area (Å²) in [5.41, 5.74) is 8.03. The number of rotatable bonds is 2. The number of hydrogen-bond acceptors (Lipinski definition) is 4. The average molecular weight is 332 g/mol. The van der Waals surface area contributed by atoms with Crippen LogP contribution in [0.4, 0.5) is 5.82 Å². The third kappa shape index (κ3) is 3.59. The lowest BCUT2D eigenvalue weighted by Crippen LogP contribution is -2.40. The zero-order valence-electron chi connectivity index (χ0n) is 12.4. The average Bonchev–Trinajstić information content (AvgIpc) is 2.86. The summed E-state index contributed by atoms with van der Waals surface area (Å²) < 4.78 is 1.93. The molecule has 1 aliphatic heterocycles. The van der Waals surface area contributed by atoms with Gasteiger partial charge in [-0.25, -0.2) is 4.98 Å². The zero-order valence-corrected chi connectivity index (χ0v) is 14.0. The van der Waals surface area contributed by atoms with Crippen molar-refractivity contribution in [1.82, 2.24) is 14.6 Å². The predicted octanol–water partition coefficient (Wildman–Crippen LogP) is 2.62. The number of hydrogen-bond donors (Lipinski definition) is 1. The van der Waals surface area contributed by atoms with Gasteiger partial charge in [0.15, 0.2) is 5.65 Å². The first-order valence-electron chi connectivity index (χ1n) is 7.00. The van der Waals surface area contributed by atoms with Crippen molar-refractivity contribution in [3.05, 3.63) is 24.0 Å². The van der Waals surface area contributed by atoms with Crippen LogP contribution in [0.3, 0.4) is 0 Å². The van der Waals surface area contributed by atoms with Crippen molar-refractivity contribution in [1.29, 1.82) is 0 Å². The van der Waals surface area contributed by atoms with Crippen LogP contribution in [0, 0.1) is 0 Å². The van der Waals surface area contributed by atoms with Gasteiger partial charge in [0, 0.05) is 37.0 Å². The van der Waals surface area contributed by atoms with E-state index in [1.165, 1.54) is 0 Å². The molecule has 0 atom stereocenters. The summed E-state index contributed by atoms with van der Waals surface area (Å²) in [5.74, 6) is 1.57. The quantitative estimate of drug-likeness (QED) is 0.918. The fourth-order valence-corrected chi connectivity index (χ4v) is 2.57. The molecule has 1 saturated heterocycles. The van der Waals surface area contributed by atoms with Crippen molar-refractivity contribution in [2.24, 2.45) is 5.73 Å². The SMILES string of the molecule is CC(C)c1cc(N2CCC(N)CC2)n2nccc2n1.Cl.Cl. The van der Waals surface area contributed by atoms with E-state index >= 15 is 0 Å². The van der Waals surface area contributed by atoms with E-state index < -0.39 is 0 Å². The number of nitrogens with two attached hydrogens (primary N) is 1. The lowest BCUT2D eigenvalue weighted by Gasteiger charge is -2.32. The highest BCUT2D eigenvalue weighted by molar-refractivity contribution is 5.85. The highest BCUT2D eigenvalue weighted by Crippen LogP contribution is 2.24. The summed E-state index contributed by atoms with van der Waals surface area (Å²) in [6.45, 7) is 6.34. The highest BCUT2D eigenvalue weighted by Gasteiger charge is 2.20. The Bertz CT molecular complexity index is 576. The molecule has 0 bridgehead atoms. The fraction of sp³-hybridized carbons (Fsp3) is 0.571. The number of nitrogens with zero attached hydrogens (tertiary/aromatic N) is 4. The standard InChI is InChI=1S/C14H21N5.2ClH/c1-10(2)12-9-14(18-7-4-11(15)5-8-18)19-13(17-12)3-6-16-19;;/h3,6,9-11H,4-5,7-8,15H2,1-2H3;2*1H. The van der Waals surface area contributed by atoms with Gasteiger partial charge in [0.2, 0.25) is 0 Å². The van der Waals surface area contributed by atoms with Crippen LogP contribution in [-0.2, 0) is 0 Å². The molecular formula is C14H23Cl2N5. The number of halogens is 2. The van der Waals surface area contributed by atoms with Gasteiger partial charge in [-0.05, 0) is 18.8 Å². The van der Waals surface area contributed by atoms with Gasteiger partial charge in [-0.2, -0.15) is 9.61 Å². The minimum Gasteiger partial charge on any atom is -0.356 e. The molecule has 0 radical (unpaired) electrons. The normalized spacial score (nSPS) is 15.9. The first-order valence-corrected chi connectivity index (χ1v) is 7.00. The maximum atomic E-state index is 5.98. The number of anilines is 1. The van der Waals surface area contributed by atoms with E-state index in [-0.39, 0.29) is 24.8 Å². The van der Waals surface area contributed by atoms with E-state index in [9.17, 15) is 0 Å². The first-order chi connectivity index (χ1) is 9.15. The van der Waals surface area contributed by atoms with Gasteiger partial charge in [0.25, 0.3) is 0 Å². The topological polar surface area (TPSA) is 59.5 Å². The molecule has 1 fully saturated rings. The molecule has 2 N–H and O–H groups in total. The van der Waals surface area contributed by atoms with Crippen molar-refractivity contribution >= 4 is 36.3 Å². The summed E-state index contributed by atoms with van der Waals surface area (Å²) in [7, 11) is 0. The van der Waals surface area contributed by atoms with E-state index in [1.807, 2.05) is 16.8 Å². The van der Waals surface area contributed by atoms with Crippen molar-refractivity contribution in [2.75, 3.05) is 18.0 Å². The second-order valence-corrected chi connectivity index (χ2v) is 5.62. The molecule has 0 spiro atoms. The van der Waals surface area contributed by atoms with Crippen molar-refractivity contribution in [3.63, 3.8) is 0 Å². The van der Waals surface area contributed by atoms with E-state index in [1.54, 1.807) is 0 Å². The summed E-state index contributed by atoms with van der Waals surface area (Å²) >= 11 is 0. The van der Waals surface area contributed by atoms with Crippen molar-refractivity contribution in [3.8, 4) is 0 Å². The third-order valence-electron chi connectivity index (χ3n) is 3.82. The second-order valence-electron chi connectivity index (χ2n) is 5.62. The molecule has 3 heterocycles. The molecule has 3 rings (SSSR count). The molecular weight excluding hydrogens is 309 g/mol. The molecule has 0 amide bonds. The van der Waals surface area contributed by atoms with E-state index in [4.69, 9.17) is 5.73 Å². The highest BCUT2D eigenvalue weighted by atomic mass is 35.5. The molecule has 2 aromatic heterocycles. The largest absolute Gasteiger partial charge is 0.356 e. The number of aromatic nitrogens is 3. The molecule has 7 heteroatoms. The van der Waals surface area contributed by atoms with E-state index in [0.717, 1.165) is 43.1 Å². The molecule has 0 aromatic carbocycles. The third-order valence-corrected chi connectivity index (χ3v) is 3.82. The molecule has 5 nitrogen and oxygen atoms in total. The minimum absolute atomic E-state index is 0. The van der Waals surface area contributed by atoms with Gasteiger partial charge in [-0.1, -0.05) is 13.8 Å². The monoisotopic (exact) mass is 331 g/mol. The van der Waals surface area contributed by atoms with Crippen LogP contribution in [0.2, 0.25) is 0 Å². The smallest absolute Gasteiger partial charge is 0.157 e. The summed E-state index contributed by atoms with van der Waals surface area (Å²) in [6, 6.07) is 4.47. The molecule has 0 unspecified atom stereocenters. The Morgan fingerprint density at radius 3 is 2.52 bits per heavy atom. The Morgan fingerprint density at radius 1 is 1.24 bits per heavy atom. The number of fused-ring (bicyclic) bond motifs is 1. The van der Waals surface area contributed by atoms with E-state index in [0.29, 0.717) is 12.0 Å². The van der Waals surface area contributed by atoms with Gasteiger partial charge >= 0.3 is 0 Å². The maximum absolute atomic E-state index is 5.98. The van der Waals surface area contributed by atoms with Crippen LogP contribution in [0.1, 0.15) is 38.3 Å². The van der Waals surface area contributed by atoms with Gasteiger partial charge in [-0.3, -0.25) is 0 Å². The van der Waals surface area contributed by atoms with Crippen LogP contribution < -0.4 is 10.6 Å². The first kappa shape index (κ1) is 18.0. The summed E-state index contributed by atoms with van der Waals surface area (Å²) in [4.78, 5) is 7.03. The molecule has 118 valence electrons. The fourth-order valence-electron chi connectivity index (χ4n) is 2.57. The number of piperidine rings is 1. The van der Waals surface area contributed by atoms with Crippen LogP contribution in [0.15, 0.2) is 18.3 Å². The Balaban J connectivity index is 0.00000110. The van der Waals surface area contributed by atoms with Gasteiger partial charge < -0.3 is 10.6 Å². The minimum atomic E-state index is 0. The Labute approximate surface area is 137 Å². The molecule has 0 saturated carbocycles. The molecule has 21 heavy (non-hydrogen) atoms. The molecule has 2 aromatic rings. The summed E-state index contributed by atoms with van der Waals surface area (Å²) in [5, 5.41) is 4.39. The Morgan fingerprint density at radius 2 is 1.90 bits per heavy atom. The van der Waals surface area contributed by atoms with Crippen LogP contribution in [-0.4, -0.2) is 33.7 Å². The zero-order chi connectivity index (χ0) is 13.4. The Kier molecular flexibility index (Phi) is 6.25. The predicted molar refractivity (Wildman–Crippen MR) is 91.0 cm³/mol. The Hall–Kier alpha value is -1.04. The van der Waals surface area contributed by atoms with Crippen LogP contribution in [0.5, 0.6) is 0 Å². The van der Waals surface area contributed by atoms with Gasteiger partial charge in [0.1, 0.15) is 5.82 Å². The molecule has 1 aliphatic rings. The van der Waals surface area contributed by atoms with Crippen LogP contribution >= 0.6 is 24.8 Å². The van der Waals surface area contributed by atoms with Crippen molar-refractivity contribution < 1.29 is 0 Å².